The van der Waals surface area contributed by atoms with Crippen molar-refractivity contribution in [1.29, 1.82) is 0 Å². The van der Waals surface area contributed by atoms with Crippen molar-refractivity contribution in [2.75, 3.05) is 6.61 Å². The van der Waals surface area contributed by atoms with E-state index in [0.29, 0.717) is 5.56 Å². The highest BCUT2D eigenvalue weighted by atomic mass is 16.5. The SMILES string of the molecule is CCC(=O)OC[C@H](NC(=O)c1ccccc1C)C(=O)O. The summed E-state index contributed by atoms with van der Waals surface area (Å²) in [7, 11) is 0. The highest BCUT2D eigenvalue weighted by Crippen LogP contribution is 2.07. The molecular weight excluding hydrogens is 262 g/mol. The van der Waals surface area contributed by atoms with E-state index in [1.54, 1.807) is 38.1 Å². The molecule has 0 bridgehead atoms. The lowest BCUT2D eigenvalue weighted by Crippen LogP contribution is -2.44. The molecule has 0 aliphatic rings. The van der Waals surface area contributed by atoms with E-state index in [1.807, 2.05) is 0 Å². The minimum Gasteiger partial charge on any atom is -0.480 e. The fourth-order valence-corrected chi connectivity index (χ4v) is 1.52. The summed E-state index contributed by atoms with van der Waals surface area (Å²) in [5.74, 6) is -2.28. The lowest BCUT2D eigenvalue weighted by Gasteiger charge is -2.15. The Kier molecular flexibility index (Phi) is 5.71. The van der Waals surface area contributed by atoms with Crippen LogP contribution in [0.25, 0.3) is 0 Å². The summed E-state index contributed by atoms with van der Waals surface area (Å²) < 4.78 is 4.75. The van der Waals surface area contributed by atoms with Crippen LogP contribution in [0.5, 0.6) is 0 Å². The standard InChI is InChI=1S/C14H17NO5/c1-3-12(16)20-8-11(14(18)19)15-13(17)10-7-5-4-6-9(10)2/h4-7,11H,3,8H2,1-2H3,(H,15,17)(H,18,19)/t11-/m0/s1. The second kappa shape index (κ2) is 7.28. The summed E-state index contributed by atoms with van der Waals surface area (Å²) in [5.41, 5.74) is 1.13. The Labute approximate surface area is 116 Å². The van der Waals surface area contributed by atoms with Gasteiger partial charge in [0.2, 0.25) is 0 Å². The van der Waals surface area contributed by atoms with E-state index in [4.69, 9.17) is 9.84 Å². The average Bonchev–Trinajstić information content (AvgIpc) is 2.42. The molecular formula is C14H17NO5. The van der Waals surface area contributed by atoms with Crippen molar-refractivity contribution in [3.05, 3.63) is 35.4 Å². The number of carbonyl (C=O) groups excluding carboxylic acids is 2. The molecule has 1 aromatic rings. The van der Waals surface area contributed by atoms with Gasteiger partial charge in [-0.2, -0.15) is 0 Å². The number of nitrogens with one attached hydrogen (secondary N) is 1. The largest absolute Gasteiger partial charge is 0.480 e. The van der Waals surface area contributed by atoms with Gasteiger partial charge in [-0.15, -0.1) is 0 Å². The maximum absolute atomic E-state index is 12.0. The van der Waals surface area contributed by atoms with Crippen LogP contribution in [0.15, 0.2) is 24.3 Å². The number of hydrogen-bond acceptors (Lipinski definition) is 4. The monoisotopic (exact) mass is 279 g/mol. The number of rotatable bonds is 6. The maximum atomic E-state index is 12.0. The number of carboxylic acid groups (broad SMARTS) is 1. The van der Waals surface area contributed by atoms with Gasteiger partial charge in [-0.1, -0.05) is 25.1 Å². The summed E-state index contributed by atoms with van der Waals surface area (Å²) in [4.78, 5) is 34.0. The summed E-state index contributed by atoms with van der Waals surface area (Å²) in [6, 6.07) is 5.56. The minimum absolute atomic E-state index is 0.151. The Morgan fingerprint density at radius 2 is 1.95 bits per heavy atom. The van der Waals surface area contributed by atoms with Crippen LogP contribution in [-0.2, 0) is 14.3 Å². The molecule has 0 spiro atoms. The smallest absolute Gasteiger partial charge is 0.329 e. The van der Waals surface area contributed by atoms with Gasteiger partial charge in [0.15, 0.2) is 6.04 Å². The Bertz CT molecular complexity index is 512. The number of ether oxygens (including phenoxy) is 1. The summed E-state index contributed by atoms with van der Waals surface area (Å²) in [6.07, 6.45) is 0.151. The number of benzene rings is 1. The van der Waals surface area contributed by atoms with Crippen LogP contribution in [0, 0.1) is 6.92 Å². The molecule has 20 heavy (non-hydrogen) atoms. The topological polar surface area (TPSA) is 92.7 Å². The Hall–Kier alpha value is -2.37. The molecule has 0 radical (unpaired) electrons. The number of aliphatic carboxylic acids is 1. The van der Waals surface area contributed by atoms with E-state index < -0.39 is 23.9 Å². The lowest BCUT2D eigenvalue weighted by atomic mass is 10.1. The zero-order valence-corrected chi connectivity index (χ0v) is 11.4. The van der Waals surface area contributed by atoms with Crippen LogP contribution >= 0.6 is 0 Å². The zero-order chi connectivity index (χ0) is 15.1. The number of carbonyl (C=O) groups is 3. The van der Waals surface area contributed by atoms with Gasteiger partial charge in [0.05, 0.1) is 0 Å². The van der Waals surface area contributed by atoms with Crippen molar-refractivity contribution >= 4 is 17.8 Å². The maximum Gasteiger partial charge on any atom is 0.329 e. The normalized spacial score (nSPS) is 11.5. The molecule has 0 fully saturated rings. The first-order valence-electron chi connectivity index (χ1n) is 6.20. The second-order valence-corrected chi connectivity index (χ2v) is 4.22. The Morgan fingerprint density at radius 1 is 1.30 bits per heavy atom. The first-order valence-corrected chi connectivity index (χ1v) is 6.20. The van der Waals surface area contributed by atoms with Crippen molar-refractivity contribution < 1.29 is 24.2 Å². The van der Waals surface area contributed by atoms with Crippen LogP contribution in [0.2, 0.25) is 0 Å². The molecule has 1 atom stereocenters. The number of hydrogen-bond donors (Lipinski definition) is 2. The third-order valence-corrected chi connectivity index (χ3v) is 2.69. The van der Waals surface area contributed by atoms with Gasteiger partial charge < -0.3 is 15.2 Å². The molecule has 108 valence electrons. The Morgan fingerprint density at radius 3 is 2.50 bits per heavy atom. The van der Waals surface area contributed by atoms with E-state index in [0.717, 1.165) is 5.56 Å². The van der Waals surface area contributed by atoms with Crippen molar-refractivity contribution in [3.63, 3.8) is 0 Å². The molecule has 1 amide bonds. The summed E-state index contributed by atoms with van der Waals surface area (Å²) in [5, 5.41) is 11.4. The van der Waals surface area contributed by atoms with Crippen molar-refractivity contribution in [1.82, 2.24) is 5.32 Å². The molecule has 6 nitrogen and oxygen atoms in total. The third kappa shape index (κ3) is 4.38. The first kappa shape index (κ1) is 15.7. The predicted octanol–water partition coefficient (Wildman–Crippen LogP) is 1.13. The molecule has 0 aliphatic carbocycles. The Balaban J connectivity index is 2.71. The number of esters is 1. The molecule has 0 heterocycles. The van der Waals surface area contributed by atoms with Gasteiger partial charge in [-0.05, 0) is 18.6 Å². The predicted molar refractivity (Wildman–Crippen MR) is 71.3 cm³/mol. The molecule has 1 aromatic carbocycles. The highest BCUT2D eigenvalue weighted by molar-refractivity contribution is 5.97. The summed E-state index contributed by atoms with van der Waals surface area (Å²) in [6.45, 7) is 2.96. The van der Waals surface area contributed by atoms with Gasteiger partial charge in [0.25, 0.3) is 5.91 Å². The van der Waals surface area contributed by atoms with Gasteiger partial charge in [0.1, 0.15) is 6.61 Å². The molecule has 0 saturated heterocycles. The van der Waals surface area contributed by atoms with Gasteiger partial charge in [0, 0.05) is 12.0 Å². The fraction of sp³-hybridized carbons (Fsp3) is 0.357. The average molecular weight is 279 g/mol. The van der Waals surface area contributed by atoms with E-state index >= 15 is 0 Å². The molecule has 2 N–H and O–H groups in total. The molecule has 0 aromatic heterocycles. The molecule has 6 heteroatoms. The minimum atomic E-state index is -1.27. The van der Waals surface area contributed by atoms with E-state index in [-0.39, 0.29) is 13.0 Å². The quantitative estimate of drug-likeness (QED) is 0.761. The number of carboxylic acids is 1. The summed E-state index contributed by atoms with van der Waals surface area (Å²) >= 11 is 0. The molecule has 0 saturated carbocycles. The van der Waals surface area contributed by atoms with Gasteiger partial charge in [-0.25, -0.2) is 4.79 Å². The number of amides is 1. The van der Waals surface area contributed by atoms with Gasteiger partial charge >= 0.3 is 11.9 Å². The highest BCUT2D eigenvalue weighted by Gasteiger charge is 2.22. The van der Waals surface area contributed by atoms with Crippen LogP contribution in [0.4, 0.5) is 0 Å². The van der Waals surface area contributed by atoms with Crippen molar-refractivity contribution in [2.45, 2.75) is 26.3 Å². The second-order valence-electron chi connectivity index (χ2n) is 4.22. The van der Waals surface area contributed by atoms with Crippen LogP contribution in [0.1, 0.15) is 29.3 Å². The molecule has 1 rings (SSSR count). The van der Waals surface area contributed by atoms with Crippen LogP contribution < -0.4 is 5.32 Å². The van der Waals surface area contributed by atoms with E-state index in [9.17, 15) is 14.4 Å². The van der Waals surface area contributed by atoms with Crippen LogP contribution in [0.3, 0.4) is 0 Å². The van der Waals surface area contributed by atoms with Crippen molar-refractivity contribution in [2.24, 2.45) is 0 Å². The van der Waals surface area contributed by atoms with Gasteiger partial charge in [-0.3, -0.25) is 9.59 Å². The third-order valence-electron chi connectivity index (χ3n) is 2.69. The first-order chi connectivity index (χ1) is 9.45. The molecule has 0 aliphatic heterocycles. The number of aryl methyl sites for hydroxylation is 1. The van der Waals surface area contributed by atoms with E-state index in [1.165, 1.54) is 0 Å². The fourth-order valence-electron chi connectivity index (χ4n) is 1.52. The zero-order valence-electron chi connectivity index (χ0n) is 11.4. The van der Waals surface area contributed by atoms with Crippen molar-refractivity contribution in [3.8, 4) is 0 Å². The molecule has 0 unspecified atom stereocenters. The van der Waals surface area contributed by atoms with E-state index in [2.05, 4.69) is 5.32 Å². The van der Waals surface area contributed by atoms with Crippen LogP contribution in [-0.4, -0.2) is 35.6 Å². The lowest BCUT2D eigenvalue weighted by molar-refractivity contribution is -0.148.